The van der Waals surface area contributed by atoms with E-state index in [0.29, 0.717) is 0 Å². The summed E-state index contributed by atoms with van der Waals surface area (Å²) in [5.74, 6) is 0. The second-order valence-electron chi connectivity index (χ2n) is 9.60. The predicted molar refractivity (Wildman–Crippen MR) is 158 cm³/mol. The normalized spacial score (nSPS) is 12.3. The Labute approximate surface area is 266 Å². The number of alkyl halides is 9. The Morgan fingerprint density at radius 3 is 0.786 bits per heavy atom. The Balaban J connectivity index is -0.000000468. The maximum absolute atomic E-state index is 10.7. The number of rotatable bonds is 0. The van der Waals surface area contributed by atoms with Gasteiger partial charge in [-0.1, -0.05) is 65.8 Å². The average molecular weight is 890 g/mol. The summed E-state index contributed by atoms with van der Waals surface area (Å²) in [6.07, 6.45) is 0. The predicted octanol–water partition coefficient (Wildman–Crippen LogP) is 9.14. The van der Waals surface area contributed by atoms with Crippen molar-refractivity contribution in [2.24, 2.45) is 0 Å². The highest BCUT2D eigenvalue weighted by molar-refractivity contribution is 14.1. The molecular weight excluding hydrogens is 861 g/mol. The van der Waals surface area contributed by atoms with E-state index in [1.54, 1.807) is 0 Å². The molecule has 0 atom stereocenters. The smallest absolute Gasteiger partial charge is 0.279 e. The van der Waals surface area contributed by atoms with E-state index >= 15 is 0 Å². The van der Waals surface area contributed by atoms with Crippen LogP contribution in [0.4, 0.5) is 39.5 Å². The van der Waals surface area contributed by atoms with Crippen molar-refractivity contribution in [2.75, 3.05) is 0 Å². The van der Waals surface area contributed by atoms with Crippen molar-refractivity contribution in [1.29, 1.82) is 0 Å². The van der Waals surface area contributed by atoms with Crippen LogP contribution >= 0.6 is 45.2 Å². The fraction of sp³-hybridized carbons (Fsp3) is 0.478. The molecule has 0 unspecified atom stereocenters. The lowest BCUT2D eigenvalue weighted by Crippen LogP contribution is -2.21. The zero-order valence-corrected chi connectivity index (χ0v) is 28.6. The van der Waals surface area contributed by atoms with Crippen LogP contribution in [0.15, 0.2) is 48.5 Å². The molecule has 2 aromatic rings. The van der Waals surface area contributed by atoms with Crippen LogP contribution in [0.2, 0.25) is 0 Å². The van der Waals surface area contributed by atoms with Gasteiger partial charge in [0.25, 0.3) is 0 Å². The van der Waals surface area contributed by atoms with Gasteiger partial charge in [-0.2, -0.15) is 56.3 Å². The van der Waals surface area contributed by atoms with Crippen LogP contribution in [0.5, 0.6) is 0 Å². The third kappa shape index (κ3) is 23.5. The van der Waals surface area contributed by atoms with Gasteiger partial charge in [0.2, 0.25) is 0 Å². The first-order valence-corrected chi connectivity index (χ1v) is 15.8. The minimum Gasteiger partial charge on any atom is -0.279 e. The fourth-order valence-electron chi connectivity index (χ4n) is 1.90. The van der Waals surface area contributed by atoms with Crippen LogP contribution in [-0.2, 0) is 31.1 Å². The molecule has 0 aliphatic rings. The Bertz CT molecular complexity index is 1150. The van der Waals surface area contributed by atoms with Gasteiger partial charge in [-0.25, -0.2) is 0 Å². The third-order valence-electron chi connectivity index (χ3n) is 4.01. The summed E-state index contributed by atoms with van der Waals surface area (Å²) < 4.78 is 147. The van der Waals surface area contributed by atoms with E-state index in [1.165, 1.54) is 18.3 Å². The lowest BCUT2D eigenvalue weighted by Gasteiger charge is -2.18. The van der Waals surface area contributed by atoms with E-state index in [-0.39, 0.29) is 10.8 Å². The molecule has 0 amide bonds. The van der Waals surface area contributed by atoms with Crippen molar-refractivity contribution in [3.05, 3.63) is 66.8 Å². The topological polar surface area (TPSA) is 109 Å². The van der Waals surface area contributed by atoms with Gasteiger partial charge in [-0.05, 0) is 91.4 Å². The zero-order chi connectivity index (χ0) is 34.5. The number of halogens is 11. The first-order valence-electron chi connectivity index (χ1n) is 10.7. The molecular formula is C23H29F9I2O6S2. The van der Waals surface area contributed by atoms with Crippen molar-refractivity contribution in [1.82, 2.24) is 0 Å². The van der Waals surface area contributed by atoms with Gasteiger partial charge < -0.3 is 0 Å². The highest BCUT2D eigenvalue weighted by atomic mass is 127. The maximum atomic E-state index is 10.7. The van der Waals surface area contributed by atoms with E-state index in [2.05, 4.69) is 135 Å². The van der Waals surface area contributed by atoms with Crippen molar-refractivity contribution in [3.63, 3.8) is 0 Å². The molecule has 19 heteroatoms. The molecule has 0 saturated heterocycles. The minimum atomic E-state index is -5.84. The van der Waals surface area contributed by atoms with Crippen LogP contribution in [0, 0.1) is 7.14 Å². The van der Waals surface area contributed by atoms with E-state index in [9.17, 15) is 39.5 Å². The molecule has 42 heavy (non-hydrogen) atoms. The van der Waals surface area contributed by atoms with E-state index < -0.39 is 37.9 Å². The second-order valence-corrected chi connectivity index (χ2v) is 14.9. The molecule has 0 radical (unpaired) electrons. The van der Waals surface area contributed by atoms with Gasteiger partial charge in [0.05, 0.1) is 0 Å². The Kier molecular flexibility index (Phi) is 19.7. The number of hydrogen-bond acceptors (Lipinski definition) is 4. The van der Waals surface area contributed by atoms with Gasteiger partial charge in [-0.15, -0.1) is 0 Å². The maximum Gasteiger partial charge on any atom is 0.522 e. The third-order valence-corrected chi connectivity index (χ3v) is 6.61. The molecule has 6 nitrogen and oxygen atoms in total. The summed E-state index contributed by atoms with van der Waals surface area (Å²) in [6.45, 7) is 9.72. The molecule has 0 fully saturated rings. The molecule has 0 aliphatic carbocycles. The van der Waals surface area contributed by atoms with Crippen LogP contribution < -0.4 is 0 Å². The van der Waals surface area contributed by atoms with Gasteiger partial charge in [0, 0.05) is 7.14 Å². The van der Waals surface area contributed by atoms with Gasteiger partial charge in [-0.3, -0.25) is 9.11 Å². The molecule has 0 spiro atoms. The van der Waals surface area contributed by atoms with Crippen LogP contribution in [0.3, 0.4) is 0 Å². The Morgan fingerprint density at radius 1 is 0.548 bits per heavy atom. The van der Waals surface area contributed by atoms with Crippen molar-refractivity contribution in [3.8, 4) is 0 Å². The van der Waals surface area contributed by atoms with Crippen LogP contribution in [0.25, 0.3) is 0 Å². The molecule has 2 aromatic carbocycles. The lowest BCUT2D eigenvalue weighted by molar-refractivity contribution is -0.0514. The van der Waals surface area contributed by atoms with Crippen LogP contribution in [-0.4, -0.2) is 43.6 Å². The molecule has 0 aromatic heterocycles. The van der Waals surface area contributed by atoms with Gasteiger partial charge >= 0.3 is 37.9 Å². The molecule has 2 rings (SSSR count). The second kappa shape index (κ2) is 18.2. The number of hydrogen-bond donors (Lipinski definition) is 2. The first-order chi connectivity index (χ1) is 18.2. The van der Waals surface area contributed by atoms with E-state index in [1.807, 2.05) is 0 Å². The molecule has 0 aliphatic heterocycles. The van der Waals surface area contributed by atoms with E-state index in [4.69, 9.17) is 25.9 Å². The first kappa shape index (κ1) is 45.5. The fourth-order valence-corrected chi connectivity index (χ4v) is 2.62. The molecule has 0 saturated carbocycles. The van der Waals surface area contributed by atoms with Crippen molar-refractivity contribution in [2.45, 2.75) is 70.1 Å². The summed E-state index contributed by atoms with van der Waals surface area (Å²) >= 11 is 4.65. The molecule has 2 N–H and O–H groups in total. The van der Waals surface area contributed by atoms with Gasteiger partial charge in [0.15, 0.2) is 0 Å². The summed E-state index contributed by atoms with van der Waals surface area (Å²) in [4.78, 5) is 0. The molecule has 0 bridgehead atoms. The highest BCUT2D eigenvalue weighted by Crippen LogP contribution is 2.24. The monoisotopic (exact) mass is 890 g/mol. The highest BCUT2D eigenvalue weighted by Gasteiger charge is 2.45. The standard InChI is InChI=1S/2C10H13I.2CHF3O3S.CHF3/c2*1-10(2,3)8-4-6-9(11)7-5-8;2*2-1(3,4)8(5,6)7;2-1(3)4/h2*4-7H,1-3H3;2*(H,5,6,7);1H. The number of benzene rings is 2. The largest absolute Gasteiger partial charge is 0.522 e. The van der Waals surface area contributed by atoms with Crippen molar-refractivity contribution >= 4 is 65.4 Å². The quantitative estimate of drug-likeness (QED) is 0.118. The summed E-state index contributed by atoms with van der Waals surface area (Å²) in [6, 6.07) is 17.4. The summed E-state index contributed by atoms with van der Waals surface area (Å²) in [5, 5.41) is 0. The van der Waals surface area contributed by atoms with Crippen molar-refractivity contribution < 1.29 is 65.5 Å². The summed E-state index contributed by atoms with van der Waals surface area (Å²) in [7, 11) is -11.7. The summed E-state index contributed by atoms with van der Waals surface area (Å²) in [5.41, 5.74) is -7.70. The van der Waals surface area contributed by atoms with Crippen LogP contribution in [0.1, 0.15) is 52.7 Å². The Morgan fingerprint density at radius 2 is 0.690 bits per heavy atom. The molecule has 246 valence electrons. The molecule has 0 heterocycles. The zero-order valence-electron chi connectivity index (χ0n) is 22.7. The van der Waals surface area contributed by atoms with Gasteiger partial charge in [0.1, 0.15) is 0 Å². The SMILES string of the molecule is CC(C)(C)c1ccc(I)cc1.CC(C)(C)c1ccc(I)cc1.FC(F)F.O=S(=O)(O)C(F)(F)F.O=S(=O)(O)C(F)(F)F. The lowest BCUT2D eigenvalue weighted by atomic mass is 9.87. The Hall–Kier alpha value is -0.910. The van der Waals surface area contributed by atoms with E-state index in [0.717, 1.165) is 0 Å². The average Bonchev–Trinajstić information content (AvgIpc) is 2.71. The minimum absolute atomic E-state index is 0.282.